The van der Waals surface area contributed by atoms with Gasteiger partial charge >= 0.3 is 0 Å². The molecule has 1 amide bonds. The van der Waals surface area contributed by atoms with Crippen LogP contribution in [0, 0.1) is 6.92 Å². The number of hydrogen-bond acceptors (Lipinski definition) is 5. The molecule has 2 N–H and O–H groups in total. The summed E-state index contributed by atoms with van der Waals surface area (Å²) in [6.45, 7) is 3.67. The van der Waals surface area contributed by atoms with E-state index in [4.69, 9.17) is 0 Å². The molecule has 0 saturated carbocycles. The Morgan fingerprint density at radius 1 is 1.32 bits per heavy atom. The van der Waals surface area contributed by atoms with Crippen molar-refractivity contribution in [1.82, 2.24) is 30.6 Å². The Hall–Kier alpha value is -2.80. The van der Waals surface area contributed by atoms with Gasteiger partial charge in [-0.2, -0.15) is 0 Å². The van der Waals surface area contributed by atoms with Crippen LogP contribution in [0.3, 0.4) is 0 Å². The molecule has 1 unspecified atom stereocenters. The van der Waals surface area contributed by atoms with Crippen LogP contribution in [-0.2, 0) is 0 Å². The number of fused-ring (bicyclic) bond motifs is 1. The SMILES string of the molecule is Cc1c(C(=O)NC2CCCNC2)nnn1-c1cccc2ncccc12. The first kappa shape index (κ1) is 15.7. The van der Waals surface area contributed by atoms with Gasteiger partial charge in [-0.3, -0.25) is 9.78 Å². The molecule has 7 nitrogen and oxygen atoms in total. The Kier molecular flexibility index (Phi) is 4.15. The molecule has 1 saturated heterocycles. The fraction of sp³-hybridized carbons (Fsp3) is 0.333. The summed E-state index contributed by atoms with van der Waals surface area (Å²) in [5, 5.41) is 15.7. The lowest BCUT2D eigenvalue weighted by molar-refractivity contribution is 0.0925. The highest BCUT2D eigenvalue weighted by molar-refractivity contribution is 5.94. The average Bonchev–Trinajstić information content (AvgIpc) is 3.03. The maximum atomic E-state index is 12.6. The number of rotatable bonds is 3. The fourth-order valence-electron chi connectivity index (χ4n) is 3.27. The molecule has 3 heterocycles. The van der Waals surface area contributed by atoms with Crippen molar-refractivity contribution in [3.63, 3.8) is 0 Å². The summed E-state index contributed by atoms with van der Waals surface area (Å²) < 4.78 is 1.71. The quantitative estimate of drug-likeness (QED) is 0.759. The minimum Gasteiger partial charge on any atom is -0.347 e. The zero-order chi connectivity index (χ0) is 17.2. The van der Waals surface area contributed by atoms with Crippen LogP contribution in [-0.4, -0.2) is 45.0 Å². The number of pyridine rings is 1. The van der Waals surface area contributed by atoms with Crippen LogP contribution < -0.4 is 10.6 Å². The van der Waals surface area contributed by atoms with Crippen molar-refractivity contribution < 1.29 is 4.79 Å². The van der Waals surface area contributed by atoms with Crippen molar-refractivity contribution in [3.05, 3.63) is 47.9 Å². The van der Waals surface area contributed by atoms with Crippen molar-refractivity contribution in [2.75, 3.05) is 13.1 Å². The molecule has 1 aliphatic heterocycles. The van der Waals surface area contributed by atoms with E-state index >= 15 is 0 Å². The van der Waals surface area contributed by atoms with Gasteiger partial charge in [-0.05, 0) is 50.6 Å². The Labute approximate surface area is 145 Å². The van der Waals surface area contributed by atoms with Crippen LogP contribution in [0.4, 0.5) is 0 Å². The topological polar surface area (TPSA) is 84.7 Å². The van der Waals surface area contributed by atoms with Gasteiger partial charge in [0.1, 0.15) is 0 Å². The number of hydrogen-bond donors (Lipinski definition) is 2. The molecule has 0 aliphatic carbocycles. The third kappa shape index (κ3) is 2.98. The molecular weight excluding hydrogens is 316 g/mol. The van der Waals surface area contributed by atoms with E-state index in [2.05, 4.69) is 25.9 Å². The average molecular weight is 336 g/mol. The summed E-state index contributed by atoms with van der Waals surface area (Å²) in [6, 6.07) is 9.87. The van der Waals surface area contributed by atoms with Crippen LogP contribution >= 0.6 is 0 Å². The molecule has 1 aliphatic rings. The molecule has 1 fully saturated rings. The van der Waals surface area contributed by atoms with Crippen molar-refractivity contribution in [2.24, 2.45) is 0 Å². The zero-order valence-corrected chi connectivity index (χ0v) is 14.1. The molecule has 1 aromatic carbocycles. The normalized spacial score (nSPS) is 17.6. The second-order valence-electron chi connectivity index (χ2n) is 6.30. The van der Waals surface area contributed by atoms with Crippen molar-refractivity contribution in [1.29, 1.82) is 0 Å². The van der Waals surface area contributed by atoms with E-state index in [0.717, 1.165) is 48.2 Å². The highest BCUT2D eigenvalue weighted by Gasteiger charge is 2.22. The van der Waals surface area contributed by atoms with E-state index < -0.39 is 0 Å². The van der Waals surface area contributed by atoms with Crippen molar-refractivity contribution in [3.8, 4) is 5.69 Å². The molecule has 4 rings (SSSR count). The lowest BCUT2D eigenvalue weighted by Crippen LogP contribution is -2.45. The molecule has 3 aromatic rings. The Bertz CT molecular complexity index is 908. The monoisotopic (exact) mass is 336 g/mol. The highest BCUT2D eigenvalue weighted by Crippen LogP contribution is 2.21. The van der Waals surface area contributed by atoms with Gasteiger partial charge in [0.2, 0.25) is 0 Å². The minimum absolute atomic E-state index is 0.146. The van der Waals surface area contributed by atoms with Gasteiger partial charge < -0.3 is 10.6 Å². The van der Waals surface area contributed by atoms with Crippen LogP contribution in [0.2, 0.25) is 0 Å². The number of amides is 1. The largest absolute Gasteiger partial charge is 0.347 e. The van der Waals surface area contributed by atoms with Gasteiger partial charge in [0, 0.05) is 24.2 Å². The lowest BCUT2D eigenvalue weighted by Gasteiger charge is -2.23. The molecule has 2 aromatic heterocycles. The standard InChI is InChI=1S/C18H20N6O/c1-12-17(18(25)21-13-5-3-9-19-11-13)22-23-24(12)16-8-2-7-15-14(16)6-4-10-20-15/h2,4,6-8,10,13,19H,3,5,9,11H2,1H3,(H,21,25). The van der Waals surface area contributed by atoms with Gasteiger partial charge in [-0.1, -0.05) is 11.3 Å². The number of piperidine rings is 1. The van der Waals surface area contributed by atoms with E-state index in [0.29, 0.717) is 5.69 Å². The summed E-state index contributed by atoms with van der Waals surface area (Å²) in [5.41, 5.74) is 2.84. The lowest BCUT2D eigenvalue weighted by atomic mass is 10.1. The predicted molar refractivity (Wildman–Crippen MR) is 94.8 cm³/mol. The summed E-state index contributed by atoms with van der Waals surface area (Å²) >= 11 is 0. The Morgan fingerprint density at radius 2 is 2.24 bits per heavy atom. The van der Waals surface area contributed by atoms with Gasteiger partial charge in [0.25, 0.3) is 5.91 Å². The van der Waals surface area contributed by atoms with E-state index in [-0.39, 0.29) is 11.9 Å². The number of nitrogens with zero attached hydrogens (tertiary/aromatic N) is 4. The van der Waals surface area contributed by atoms with E-state index in [1.165, 1.54) is 0 Å². The second kappa shape index (κ2) is 6.60. The smallest absolute Gasteiger partial charge is 0.274 e. The predicted octanol–water partition coefficient (Wildman–Crippen LogP) is 1.61. The van der Waals surface area contributed by atoms with E-state index in [1.807, 2.05) is 37.3 Å². The maximum absolute atomic E-state index is 12.6. The molecule has 0 radical (unpaired) electrons. The van der Waals surface area contributed by atoms with Gasteiger partial charge in [-0.25, -0.2) is 4.68 Å². The number of carbonyl (C=O) groups is 1. The van der Waals surface area contributed by atoms with Crippen molar-refractivity contribution >= 4 is 16.8 Å². The first-order valence-electron chi connectivity index (χ1n) is 8.52. The molecule has 1 atom stereocenters. The summed E-state index contributed by atoms with van der Waals surface area (Å²) in [4.78, 5) is 16.9. The first-order chi connectivity index (χ1) is 12.2. The second-order valence-corrected chi connectivity index (χ2v) is 6.30. The summed E-state index contributed by atoms with van der Waals surface area (Å²) in [7, 11) is 0. The summed E-state index contributed by atoms with van der Waals surface area (Å²) in [6.07, 6.45) is 3.82. The van der Waals surface area contributed by atoms with Crippen molar-refractivity contribution in [2.45, 2.75) is 25.8 Å². The van der Waals surface area contributed by atoms with Gasteiger partial charge in [0.15, 0.2) is 5.69 Å². The van der Waals surface area contributed by atoms with E-state index in [1.54, 1.807) is 10.9 Å². The minimum atomic E-state index is -0.171. The highest BCUT2D eigenvalue weighted by atomic mass is 16.2. The Balaban J connectivity index is 1.65. The third-order valence-electron chi connectivity index (χ3n) is 4.59. The van der Waals surface area contributed by atoms with Crippen LogP contribution in [0.1, 0.15) is 29.0 Å². The number of carbonyl (C=O) groups excluding carboxylic acids is 1. The van der Waals surface area contributed by atoms with Crippen LogP contribution in [0.15, 0.2) is 36.5 Å². The summed E-state index contributed by atoms with van der Waals surface area (Å²) in [5.74, 6) is -0.171. The number of benzene rings is 1. The molecule has 7 heteroatoms. The molecule has 25 heavy (non-hydrogen) atoms. The van der Waals surface area contributed by atoms with E-state index in [9.17, 15) is 4.79 Å². The molecule has 128 valence electrons. The number of nitrogens with one attached hydrogen (secondary N) is 2. The first-order valence-corrected chi connectivity index (χ1v) is 8.52. The molecular formula is C18H20N6O. The molecule has 0 spiro atoms. The van der Waals surface area contributed by atoms with Crippen LogP contribution in [0.25, 0.3) is 16.6 Å². The fourth-order valence-corrected chi connectivity index (χ4v) is 3.27. The zero-order valence-electron chi connectivity index (χ0n) is 14.1. The third-order valence-corrected chi connectivity index (χ3v) is 4.59. The van der Waals surface area contributed by atoms with Gasteiger partial charge in [-0.15, -0.1) is 5.10 Å². The molecule has 0 bridgehead atoms. The van der Waals surface area contributed by atoms with Gasteiger partial charge in [0.05, 0.1) is 16.9 Å². The van der Waals surface area contributed by atoms with Crippen LogP contribution in [0.5, 0.6) is 0 Å². The maximum Gasteiger partial charge on any atom is 0.274 e. The Morgan fingerprint density at radius 3 is 3.08 bits per heavy atom. The number of aromatic nitrogens is 4.